The van der Waals surface area contributed by atoms with Crippen LogP contribution < -0.4 is 0 Å². The lowest BCUT2D eigenvalue weighted by molar-refractivity contribution is 0.103. The number of benzene rings is 1. The van der Waals surface area contributed by atoms with Crippen LogP contribution in [0.5, 0.6) is 5.75 Å². The minimum Gasteiger partial charge on any atom is -0.507 e. The third-order valence-corrected chi connectivity index (χ3v) is 4.36. The minimum atomic E-state index is -0.251. The third-order valence-electron chi connectivity index (χ3n) is 3.90. The second-order valence-corrected chi connectivity index (χ2v) is 8.84. The maximum Gasteiger partial charge on any atom is 0.194 e. The highest BCUT2D eigenvalue weighted by Gasteiger charge is 2.28. The van der Waals surface area contributed by atoms with Crippen LogP contribution in [0.2, 0.25) is 0 Å². The van der Waals surface area contributed by atoms with Crippen molar-refractivity contribution in [1.29, 1.82) is 0 Å². The molecule has 0 unspecified atom stereocenters. The molecule has 2 aromatic rings. The Hall–Kier alpha value is -1.55. The fourth-order valence-electron chi connectivity index (χ4n) is 2.57. The van der Waals surface area contributed by atoms with E-state index in [1.807, 2.05) is 53.7 Å². The van der Waals surface area contributed by atoms with Crippen LogP contribution in [0.3, 0.4) is 0 Å². The molecule has 23 heavy (non-hydrogen) atoms. The molecule has 2 N–H and O–H groups in total. The fourth-order valence-corrected chi connectivity index (χ4v) is 2.93. The number of carbonyl (C=O) groups excluding carboxylic acids is 1. The number of phenolic OH excluding ortho intramolecular Hbond substituents is 1. The average Bonchev–Trinajstić information content (AvgIpc) is 2.82. The molecule has 1 aromatic carbocycles. The third kappa shape index (κ3) is 3.69. The molecule has 0 fully saturated rings. The molecule has 0 aliphatic carbocycles. The van der Waals surface area contributed by atoms with Crippen molar-refractivity contribution < 1.29 is 9.90 Å². The van der Waals surface area contributed by atoms with Gasteiger partial charge in [-0.15, -0.1) is 0 Å². The van der Waals surface area contributed by atoms with E-state index >= 15 is 0 Å². The van der Waals surface area contributed by atoms with Gasteiger partial charge in [-0.2, -0.15) is 0 Å². The van der Waals surface area contributed by atoms with Crippen LogP contribution in [0.15, 0.2) is 29.0 Å². The number of phenols is 1. The summed E-state index contributed by atoms with van der Waals surface area (Å²) in [5.41, 5.74) is 2.29. The number of nitrogens with one attached hydrogen (secondary N) is 1. The molecule has 1 aromatic heterocycles. The highest BCUT2D eigenvalue weighted by Crippen LogP contribution is 2.40. The standard InChI is InChI=1S/C19H24BrNO2/c1-18(2,3)13-7-11(8-14(17(13)23)19(4,5)6)16(22)12-9-15(20)21-10-12/h7-10,21,23H,1-6H3. The Labute approximate surface area is 146 Å². The van der Waals surface area contributed by atoms with E-state index in [-0.39, 0.29) is 22.4 Å². The highest BCUT2D eigenvalue weighted by atomic mass is 79.9. The number of hydrogen-bond donors (Lipinski definition) is 2. The average molecular weight is 378 g/mol. The van der Waals surface area contributed by atoms with E-state index in [0.717, 1.165) is 15.7 Å². The summed E-state index contributed by atoms with van der Waals surface area (Å²) in [6.07, 6.45) is 1.69. The van der Waals surface area contributed by atoms with E-state index in [9.17, 15) is 9.90 Å². The Kier molecular flexibility index (Phi) is 4.51. The molecule has 1 heterocycles. The largest absolute Gasteiger partial charge is 0.507 e. The van der Waals surface area contributed by atoms with E-state index in [0.29, 0.717) is 11.1 Å². The van der Waals surface area contributed by atoms with Crippen molar-refractivity contribution in [2.24, 2.45) is 0 Å². The molecular weight excluding hydrogens is 354 g/mol. The first-order valence-corrected chi connectivity index (χ1v) is 8.47. The van der Waals surface area contributed by atoms with E-state index in [4.69, 9.17) is 0 Å². The molecule has 0 radical (unpaired) electrons. The summed E-state index contributed by atoms with van der Waals surface area (Å²) < 4.78 is 0.770. The lowest BCUT2D eigenvalue weighted by Gasteiger charge is -2.28. The van der Waals surface area contributed by atoms with Crippen molar-refractivity contribution in [3.05, 3.63) is 51.3 Å². The maximum absolute atomic E-state index is 12.8. The number of carbonyl (C=O) groups is 1. The van der Waals surface area contributed by atoms with E-state index in [1.165, 1.54) is 0 Å². The molecule has 3 nitrogen and oxygen atoms in total. The number of hydrogen-bond acceptors (Lipinski definition) is 2. The fraction of sp³-hybridized carbons (Fsp3) is 0.421. The van der Waals surface area contributed by atoms with Crippen molar-refractivity contribution in [1.82, 2.24) is 4.98 Å². The van der Waals surface area contributed by atoms with Gasteiger partial charge in [-0.3, -0.25) is 4.79 Å². The number of ketones is 1. The Morgan fingerprint density at radius 1 is 0.957 bits per heavy atom. The van der Waals surface area contributed by atoms with Gasteiger partial charge < -0.3 is 10.1 Å². The molecule has 0 amide bonds. The van der Waals surface area contributed by atoms with E-state index in [1.54, 1.807) is 12.3 Å². The summed E-state index contributed by atoms with van der Waals surface area (Å²) in [7, 11) is 0. The molecule has 0 atom stereocenters. The number of H-pyrrole nitrogens is 1. The van der Waals surface area contributed by atoms with Gasteiger partial charge in [-0.05, 0) is 45.0 Å². The number of aromatic amines is 1. The van der Waals surface area contributed by atoms with Gasteiger partial charge in [0.1, 0.15) is 5.75 Å². The van der Waals surface area contributed by atoms with Gasteiger partial charge >= 0.3 is 0 Å². The first-order chi connectivity index (χ1) is 10.4. The smallest absolute Gasteiger partial charge is 0.194 e. The van der Waals surface area contributed by atoms with Crippen LogP contribution in [-0.2, 0) is 10.8 Å². The predicted octanol–water partition coefficient (Wildman–Crippen LogP) is 5.31. The van der Waals surface area contributed by atoms with Crippen molar-refractivity contribution in [2.75, 3.05) is 0 Å². The van der Waals surface area contributed by atoms with Gasteiger partial charge in [0.2, 0.25) is 0 Å². The summed E-state index contributed by atoms with van der Waals surface area (Å²) >= 11 is 3.33. The summed E-state index contributed by atoms with van der Waals surface area (Å²) in [6, 6.07) is 5.39. The van der Waals surface area contributed by atoms with Crippen LogP contribution in [0, 0.1) is 0 Å². The van der Waals surface area contributed by atoms with Crippen molar-refractivity contribution in [2.45, 2.75) is 52.4 Å². The van der Waals surface area contributed by atoms with E-state index in [2.05, 4.69) is 20.9 Å². The summed E-state index contributed by atoms with van der Waals surface area (Å²) in [4.78, 5) is 15.8. The number of halogens is 1. The molecule has 0 aliphatic rings. The Balaban J connectivity index is 2.67. The first kappa shape index (κ1) is 17.8. The molecule has 0 saturated carbocycles. The van der Waals surface area contributed by atoms with Crippen LogP contribution in [0.4, 0.5) is 0 Å². The monoisotopic (exact) mass is 377 g/mol. The molecule has 4 heteroatoms. The van der Waals surface area contributed by atoms with Gasteiger partial charge in [-0.1, -0.05) is 41.5 Å². The summed E-state index contributed by atoms with van der Waals surface area (Å²) in [5, 5.41) is 10.7. The van der Waals surface area contributed by atoms with Gasteiger partial charge in [-0.25, -0.2) is 0 Å². The maximum atomic E-state index is 12.8. The zero-order valence-corrected chi connectivity index (χ0v) is 16.1. The zero-order chi connectivity index (χ0) is 17.6. The van der Waals surface area contributed by atoms with Crippen LogP contribution in [-0.4, -0.2) is 15.9 Å². The van der Waals surface area contributed by atoms with Crippen molar-refractivity contribution in [3.8, 4) is 5.75 Å². The molecule has 2 rings (SSSR count). The van der Waals surface area contributed by atoms with Crippen LogP contribution in [0.1, 0.15) is 68.6 Å². The molecule has 0 saturated heterocycles. The van der Waals surface area contributed by atoms with Crippen molar-refractivity contribution >= 4 is 21.7 Å². The quantitative estimate of drug-likeness (QED) is 0.696. The molecule has 0 aliphatic heterocycles. The van der Waals surface area contributed by atoms with Crippen LogP contribution in [0.25, 0.3) is 0 Å². The number of aromatic hydroxyl groups is 1. The zero-order valence-electron chi connectivity index (χ0n) is 14.5. The van der Waals surface area contributed by atoms with Gasteiger partial charge in [0, 0.05) is 28.5 Å². The minimum absolute atomic E-state index is 0.0528. The van der Waals surface area contributed by atoms with E-state index < -0.39 is 0 Å². The lowest BCUT2D eigenvalue weighted by Crippen LogP contribution is -2.19. The molecule has 124 valence electrons. The first-order valence-electron chi connectivity index (χ1n) is 7.68. The number of rotatable bonds is 2. The normalized spacial score (nSPS) is 12.5. The van der Waals surface area contributed by atoms with Crippen LogP contribution >= 0.6 is 15.9 Å². The SMILES string of the molecule is CC(C)(C)c1cc(C(=O)c2c[nH]c(Br)c2)cc(C(C)(C)C)c1O. The highest BCUT2D eigenvalue weighted by molar-refractivity contribution is 9.10. The second-order valence-electron chi connectivity index (χ2n) is 7.99. The molecule has 0 bridgehead atoms. The topological polar surface area (TPSA) is 53.1 Å². The molecular formula is C19H24BrNO2. The predicted molar refractivity (Wildman–Crippen MR) is 97.4 cm³/mol. The summed E-state index contributed by atoms with van der Waals surface area (Å²) in [6.45, 7) is 12.2. The number of aromatic nitrogens is 1. The summed E-state index contributed by atoms with van der Waals surface area (Å²) in [5.74, 6) is 0.236. The Morgan fingerprint density at radius 2 is 1.43 bits per heavy atom. The van der Waals surface area contributed by atoms with Gasteiger partial charge in [0.15, 0.2) is 5.78 Å². The Morgan fingerprint density at radius 3 is 1.78 bits per heavy atom. The second kappa shape index (κ2) is 5.82. The Bertz CT molecular complexity index is 710. The van der Waals surface area contributed by atoms with Gasteiger partial charge in [0.05, 0.1) is 4.60 Å². The van der Waals surface area contributed by atoms with Gasteiger partial charge in [0.25, 0.3) is 0 Å². The lowest BCUT2D eigenvalue weighted by atomic mass is 9.78. The molecule has 0 spiro atoms. The van der Waals surface area contributed by atoms with Crippen molar-refractivity contribution in [3.63, 3.8) is 0 Å².